The highest BCUT2D eigenvalue weighted by molar-refractivity contribution is 6.32. The minimum atomic E-state index is 0.794. The minimum Gasteiger partial charge on any atom is -0.313 e. The molecule has 0 atom stereocenters. The zero-order chi connectivity index (χ0) is 12.7. The van der Waals surface area contributed by atoms with Crippen LogP contribution >= 0.6 is 11.6 Å². The number of rotatable bonds is 2. The van der Waals surface area contributed by atoms with Gasteiger partial charge in [0.05, 0.1) is 22.2 Å². The first-order valence-electron chi connectivity index (χ1n) is 6.26. The molecule has 0 aliphatic carbocycles. The van der Waals surface area contributed by atoms with Crippen LogP contribution in [0.15, 0.2) is 30.5 Å². The fraction of sp³-hybridized carbons (Fsp3) is 0.267. The molecule has 1 aromatic carbocycles. The van der Waals surface area contributed by atoms with E-state index in [0.717, 1.165) is 40.2 Å². The van der Waals surface area contributed by atoms with E-state index >= 15 is 0 Å². The van der Waals surface area contributed by atoms with Gasteiger partial charge in [0.15, 0.2) is 0 Å². The SMILES string of the molecule is CCCc1nc2cc(C)c(Cl)cc2n2cccc12. The van der Waals surface area contributed by atoms with E-state index in [0.29, 0.717) is 0 Å². The molecule has 0 N–H and O–H groups in total. The predicted molar refractivity (Wildman–Crippen MR) is 76.4 cm³/mol. The standard InChI is InChI=1S/C15H15ClN2/c1-3-5-12-14-6-4-7-18(14)15-9-11(16)10(2)8-13(15)17-12/h4,6-9H,3,5H2,1-2H3. The Morgan fingerprint density at radius 2 is 2.11 bits per heavy atom. The number of hydrogen-bond donors (Lipinski definition) is 0. The van der Waals surface area contributed by atoms with Gasteiger partial charge in [-0.2, -0.15) is 0 Å². The minimum absolute atomic E-state index is 0.794. The number of fused-ring (bicyclic) bond motifs is 3. The quantitative estimate of drug-likeness (QED) is 0.666. The smallest absolute Gasteiger partial charge is 0.0877 e. The second-order valence-electron chi connectivity index (χ2n) is 4.66. The number of hydrogen-bond acceptors (Lipinski definition) is 1. The van der Waals surface area contributed by atoms with Gasteiger partial charge in [-0.25, -0.2) is 4.98 Å². The summed E-state index contributed by atoms with van der Waals surface area (Å²) in [7, 11) is 0. The molecule has 3 rings (SSSR count). The largest absolute Gasteiger partial charge is 0.313 e. The Labute approximate surface area is 111 Å². The van der Waals surface area contributed by atoms with Crippen LogP contribution in [0.25, 0.3) is 16.6 Å². The van der Waals surface area contributed by atoms with Crippen molar-refractivity contribution in [2.75, 3.05) is 0 Å². The van der Waals surface area contributed by atoms with Gasteiger partial charge in [0, 0.05) is 11.2 Å². The molecule has 0 saturated carbocycles. The lowest BCUT2D eigenvalue weighted by Crippen LogP contribution is -1.98. The van der Waals surface area contributed by atoms with Crippen molar-refractivity contribution in [1.29, 1.82) is 0 Å². The Morgan fingerprint density at radius 1 is 1.28 bits per heavy atom. The Hall–Kier alpha value is -1.54. The summed E-state index contributed by atoms with van der Waals surface area (Å²) in [5.41, 5.74) is 5.51. The highest BCUT2D eigenvalue weighted by Gasteiger charge is 2.09. The van der Waals surface area contributed by atoms with Crippen molar-refractivity contribution in [3.05, 3.63) is 46.7 Å². The van der Waals surface area contributed by atoms with Gasteiger partial charge in [-0.1, -0.05) is 24.9 Å². The average molecular weight is 259 g/mol. The van der Waals surface area contributed by atoms with Crippen molar-refractivity contribution >= 4 is 28.2 Å². The molecule has 0 spiro atoms. The third-order valence-corrected chi connectivity index (χ3v) is 3.71. The molecule has 0 bridgehead atoms. The van der Waals surface area contributed by atoms with Crippen LogP contribution in [0.5, 0.6) is 0 Å². The summed E-state index contributed by atoms with van der Waals surface area (Å²) in [4.78, 5) is 4.79. The first-order chi connectivity index (χ1) is 8.70. The lowest BCUT2D eigenvalue weighted by atomic mass is 10.1. The third kappa shape index (κ3) is 1.68. The molecule has 0 aliphatic rings. The highest BCUT2D eigenvalue weighted by atomic mass is 35.5. The van der Waals surface area contributed by atoms with E-state index in [1.165, 1.54) is 5.52 Å². The molecule has 3 heteroatoms. The van der Waals surface area contributed by atoms with Crippen molar-refractivity contribution in [3.8, 4) is 0 Å². The molecule has 2 aromatic heterocycles. The van der Waals surface area contributed by atoms with Crippen LogP contribution in [0.2, 0.25) is 5.02 Å². The van der Waals surface area contributed by atoms with E-state index in [9.17, 15) is 0 Å². The molecule has 0 fully saturated rings. The summed E-state index contributed by atoms with van der Waals surface area (Å²) in [6.07, 6.45) is 4.18. The molecule has 0 amide bonds. The molecule has 0 unspecified atom stereocenters. The first-order valence-corrected chi connectivity index (χ1v) is 6.64. The van der Waals surface area contributed by atoms with E-state index < -0.39 is 0 Å². The van der Waals surface area contributed by atoms with Crippen LogP contribution in [0.3, 0.4) is 0 Å². The zero-order valence-corrected chi connectivity index (χ0v) is 11.3. The molecule has 0 aliphatic heterocycles. The van der Waals surface area contributed by atoms with E-state index in [1.54, 1.807) is 0 Å². The summed E-state index contributed by atoms with van der Waals surface area (Å²) in [6, 6.07) is 8.24. The third-order valence-electron chi connectivity index (χ3n) is 3.30. The average Bonchev–Trinajstić information content (AvgIpc) is 2.82. The van der Waals surface area contributed by atoms with E-state index in [1.807, 2.05) is 13.0 Å². The van der Waals surface area contributed by atoms with E-state index in [2.05, 4.69) is 35.7 Å². The van der Waals surface area contributed by atoms with Crippen molar-refractivity contribution in [1.82, 2.24) is 9.38 Å². The lowest BCUT2D eigenvalue weighted by molar-refractivity contribution is 0.890. The maximum atomic E-state index is 6.21. The molecule has 3 aromatic rings. The number of aromatic nitrogens is 2. The highest BCUT2D eigenvalue weighted by Crippen LogP contribution is 2.25. The van der Waals surface area contributed by atoms with Crippen molar-refractivity contribution in [2.24, 2.45) is 0 Å². The van der Waals surface area contributed by atoms with Crippen LogP contribution < -0.4 is 0 Å². The maximum Gasteiger partial charge on any atom is 0.0877 e. The van der Waals surface area contributed by atoms with Crippen molar-refractivity contribution in [2.45, 2.75) is 26.7 Å². The van der Waals surface area contributed by atoms with E-state index in [-0.39, 0.29) is 0 Å². The van der Waals surface area contributed by atoms with Crippen LogP contribution in [0, 0.1) is 6.92 Å². The van der Waals surface area contributed by atoms with Gasteiger partial charge in [-0.05, 0) is 43.2 Å². The van der Waals surface area contributed by atoms with E-state index in [4.69, 9.17) is 16.6 Å². The normalized spacial score (nSPS) is 11.5. The topological polar surface area (TPSA) is 17.3 Å². The van der Waals surface area contributed by atoms with Crippen LogP contribution in [0.4, 0.5) is 0 Å². The number of benzene rings is 1. The maximum absolute atomic E-state index is 6.21. The summed E-state index contributed by atoms with van der Waals surface area (Å²) in [5.74, 6) is 0. The molecular weight excluding hydrogens is 244 g/mol. The molecule has 18 heavy (non-hydrogen) atoms. The van der Waals surface area contributed by atoms with Crippen molar-refractivity contribution < 1.29 is 0 Å². The molecule has 2 nitrogen and oxygen atoms in total. The Balaban J connectivity index is 2.43. The van der Waals surface area contributed by atoms with Gasteiger partial charge in [0.1, 0.15) is 0 Å². The van der Waals surface area contributed by atoms with Gasteiger partial charge in [-0.15, -0.1) is 0 Å². The van der Waals surface area contributed by atoms with Crippen LogP contribution in [-0.2, 0) is 6.42 Å². The summed E-state index contributed by atoms with van der Waals surface area (Å²) in [5, 5.41) is 0.794. The molecule has 2 heterocycles. The Bertz CT molecular complexity index is 728. The van der Waals surface area contributed by atoms with Gasteiger partial charge in [0.2, 0.25) is 0 Å². The Kier molecular flexibility index (Phi) is 2.75. The van der Waals surface area contributed by atoms with Gasteiger partial charge < -0.3 is 4.40 Å². The van der Waals surface area contributed by atoms with Crippen LogP contribution in [0.1, 0.15) is 24.6 Å². The number of aryl methyl sites for hydroxylation is 2. The molecule has 0 radical (unpaired) electrons. The number of halogens is 1. The van der Waals surface area contributed by atoms with Crippen molar-refractivity contribution in [3.63, 3.8) is 0 Å². The van der Waals surface area contributed by atoms with Crippen LogP contribution in [-0.4, -0.2) is 9.38 Å². The second kappa shape index (κ2) is 4.29. The fourth-order valence-electron chi connectivity index (χ4n) is 2.39. The zero-order valence-electron chi connectivity index (χ0n) is 10.6. The summed E-state index contributed by atoms with van der Waals surface area (Å²) >= 11 is 6.21. The van der Waals surface area contributed by atoms with Gasteiger partial charge >= 0.3 is 0 Å². The van der Waals surface area contributed by atoms with Gasteiger partial charge in [0.25, 0.3) is 0 Å². The lowest BCUT2D eigenvalue weighted by Gasteiger charge is -2.09. The summed E-state index contributed by atoms with van der Waals surface area (Å²) < 4.78 is 2.18. The molecular formula is C15H15ClN2. The monoisotopic (exact) mass is 258 g/mol. The fourth-order valence-corrected chi connectivity index (χ4v) is 2.55. The Morgan fingerprint density at radius 3 is 2.89 bits per heavy atom. The number of nitrogens with zero attached hydrogens (tertiary/aromatic N) is 2. The molecule has 0 saturated heterocycles. The predicted octanol–water partition coefficient (Wildman–Crippen LogP) is 4.40. The van der Waals surface area contributed by atoms with Gasteiger partial charge in [-0.3, -0.25) is 0 Å². The summed E-state index contributed by atoms with van der Waals surface area (Å²) in [6.45, 7) is 4.20. The second-order valence-corrected chi connectivity index (χ2v) is 5.07. The first kappa shape index (κ1) is 11.5. The molecule has 92 valence electrons.